The number of rotatable bonds is 28. The number of nitrogens with one attached hydrogen (secondary N) is 2. The quantitative estimate of drug-likeness (QED) is 0.126. The Bertz CT molecular complexity index is 997. The topological polar surface area (TPSA) is 157 Å². The highest BCUT2D eigenvalue weighted by Gasteiger charge is 2.20. The van der Waals surface area contributed by atoms with Crippen molar-refractivity contribution in [2.24, 2.45) is 5.41 Å². The molecular formula is C31H54N6O9. The molecule has 1 aliphatic rings. The van der Waals surface area contributed by atoms with Crippen molar-refractivity contribution in [2.45, 2.75) is 40.3 Å². The number of carbonyl (C=O) groups is 2. The van der Waals surface area contributed by atoms with E-state index in [1.807, 2.05) is 0 Å². The maximum Gasteiger partial charge on any atom is 0.314 e. The number of ether oxygens (including phenoxy) is 7. The first-order chi connectivity index (χ1) is 22.2. The van der Waals surface area contributed by atoms with Gasteiger partial charge in [0.05, 0.1) is 112 Å². The molecule has 2 rings (SSSR count). The lowest BCUT2D eigenvalue weighted by Crippen LogP contribution is -2.38. The van der Waals surface area contributed by atoms with Gasteiger partial charge >= 0.3 is 6.03 Å². The van der Waals surface area contributed by atoms with Crippen molar-refractivity contribution >= 4 is 11.9 Å². The summed E-state index contributed by atoms with van der Waals surface area (Å²) in [5, 5.41) is 13.8. The Morgan fingerprint density at radius 3 is 1.70 bits per heavy atom. The zero-order valence-corrected chi connectivity index (χ0v) is 27.8. The fourth-order valence-electron chi connectivity index (χ4n) is 3.78. The molecule has 0 unspecified atom stereocenters. The van der Waals surface area contributed by atoms with E-state index in [0.29, 0.717) is 130 Å². The molecule has 0 spiro atoms. The summed E-state index contributed by atoms with van der Waals surface area (Å²) in [6, 6.07) is -0.172. The molecule has 15 heteroatoms. The molecule has 0 atom stereocenters. The molecule has 0 bridgehead atoms. The zero-order chi connectivity index (χ0) is 33.3. The summed E-state index contributed by atoms with van der Waals surface area (Å²) in [5.41, 5.74) is 1.54. The molecule has 0 radical (unpaired) electrons. The van der Waals surface area contributed by atoms with Crippen LogP contribution in [-0.2, 0) is 51.0 Å². The number of nitrogens with zero attached hydrogens (tertiary/aromatic N) is 4. The average Bonchev–Trinajstić information content (AvgIpc) is 3.60. The van der Waals surface area contributed by atoms with Crippen molar-refractivity contribution in [3.63, 3.8) is 0 Å². The highest BCUT2D eigenvalue weighted by molar-refractivity contribution is 5.92. The van der Waals surface area contributed by atoms with E-state index < -0.39 is 0 Å². The number of hydrogen-bond acceptors (Lipinski definition) is 11. The summed E-state index contributed by atoms with van der Waals surface area (Å²) < 4.78 is 40.1. The van der Waals surface area contributed by atoms with Crippen LogP contribution in [0.5, 0.6) is 0 Å². The summed E-state index contributed by atoms with van der Waals surface area (Å²) in [4.78, 5) is 25.0. The van der Waals surface area contributed by atoms with Crippen molar-refractivity contribution in [2.75, 3.05) is 106 Å². The van der Waals surface area contributed by atoms with Crippen LogP contribution >= 0.6 is 0 Å². The maximum atomic E-state index is 11.8. The molecule has 15 nitrogen and oxygen atoms in total. The third-order valence-corrected chi connectivity index (χ3v) is 6.33. The van der Waals surface area contributed by atoms with E-state index in [0.717, 1.165) is 6.42 Å². The van der Waals surface area contributed by atoms with Crippen LogP contribution in [0.1, 0.15) is 32.9 Å². The minimum atomic E-state index is -0.172. The molecule has 262 valence electrons. The predicted molar refractivity (Wildman–Crippen MR) is 170 cm³/mol. The fraction of sp³-hybridized carbons (Fsp3) is 0.742. The Morgan fingerprint density at radius 2 is 1.22 bits per heavy atom. The minimum Gasteiger partial charge on any atom is -0.377 e. The van der Waals surface area contributed by atoms with Gasteiger partial charge in [0.15, 0.2) is 0 Å². The Balaban J connectivity index is 1.23. The smallest absolute Gasteiger partial charge is 0.314 e. The first-order valence-corrected chi connectivity index (χ1v) is 15.9. The fourth-order valence-corrected chi connectivity index (χ4v) is 3.78. The van der Waals surface area contributed by atoms with Gasteiger partial charge < -0.3 is 48.7 Å². The minimum absolute atomic E-state index is 0.0997. The average molecular weight is 655 g/mol. The van der Waals surface area contributed by atoms with Crippen molar-refractivity contribution in [3.05, 3.63) is 36.3 Å². The Labute approximate surface area is 272 Å². The van der Waals surface area contributed by atoms with E-state index in [4.69, 9.17) is 33.2 Å². The van der Waals surface area contributed by atoms with E-state index in [1.165, 1.54) is 6.08 Å². The predicted octanol–water partition coefficient (Wildman–Crippen LogP) is 1.54. The van der Waals surface area contributed by atoms with Crippen molar-refractivity contribution in [1.82, 2.24) is 30.5 Å². The van der Waals surface area contributed by atoms with Crippen LogP contribution in [0.2, 0.25) is 0 Å². The third kappa shape index (κ3) is 20.3. The van der Waals surface area contributed by atoms with E-state index in [1.54, 1.807) is 21.9 Å². The Kier molecular flexibility index (Phi) is 20.7. The second-order valence-corrected chi connectivity index (χ2v) is 11.5. The van der Waals surface area contributed by atoms with Gasteiger partial charge in [0.2, 0.25) is 0 Å². The molecule has 1 aromatic rings. The summed E-state index contributed by atoms with van der Waals surface area (Å²) in [5.74, 6) is -0.0997. The van der Waals surface area contributed by atoms with Crippen LogP contribution in [0.4, 0.5) is 4.79 Å². The van der Waals surface area contributed by atoms with E-state index in [-0.39, 0.29) is 17.4 Å². The van der Waals surface area contributed by atoms with Gasteiger partial charge in [0.25, 0.3) is 5.91 Å². The molecule has 2 heterocycles. The molecule has 1 aliphatic heterocycles. The molecular weight excluding hydrogens is 600 g/mol. The van der Waals surface area contributed by atoms with E-state index in [9.17, 15) is 9.59 Å². The van der Waals surface area contributed by atoms with Crippen LogP contribution in [0.15, 0.2) is 30.6 Å². The second-order valence-electron chi connectivity index (χ2n) is 11.5. The monoisotopic (exact) mass is 654 g/mol. The highest BCUT2D eigenvalue weighted by Crippen LogP contribution is 2.17. The number of aromatic nitrogens is 3. The normalized spacial score (nSPS) is 13.2. The van der Waals surface area contributed by atoms with Gasteiger partial charge in [0.1, 0.15) is 5.69 Å². The lowest BCUT2D eigenvalue weighted by molar-refractivity contribution is -0.123. The van der Waals surface area contributed by atoms with Gasteiger partial charge in [-0.1, -0.05) is 32.6 Å². The second kappa shape index (κ2) is 24.3. The molecule has 0 aliphatic carbocycles. The summed E-state index contributed by atoms with van der Waals surface area (Å²) >= 11 is 0. The van der Waals surface area contributed by atoms with Gasteiger partial charge in [-0.15, -0.1) is 5.10 Å². The van der Waals surface area contributed by atoms with Gasteiger partial charge in [0, 0.05) is 24.9 Å². The van der Waals surface area contributed by atoms with Crippen LogP contribution in [0.25, 0.3) is 0 Å². The standard InChI is InChI=1S/C31H54N6O9/c1-27-5-6-29(38)37(27)26-28-25-36(35-34-28)10-12-41-14-16-43-18-20-45-22-24-46-23-21-44-19-17-42-15-13-40-11-9-33-30(39)32-8-7-31(2,3)4/h5-6,25H,1,7-24,26H2,2-4H3,(H2,32,33,39). The molecule has 0 fully saturated rings. The third-order valence-electron chi connectivity index (χ3n) is 6.33. The molecule has 0 aromatic carbocycles. The zero-order valence-electron chi connectivity index (χ0n) is 27.8. The van der Waals surface area contributed by atoms with Crippen LogP contribution in [0, 0.1) is 5.41 Å². The van der Waals surface area contributed by atoms with Crippen molar-refractivity contribution < 1.29 is 42.7 Å². The van der Waals surface area contributed by atoms with Crippen LogP contribution < -0.4 is 10.6 Å². The molecule has 0 saturated heterocycles. The number of carbonyl (C=O) groups excluding carboxylic acids is 2. The summed E-state index contributed by atoms with van der Waals surface area (Å²) in [6.45, 7) is 18.9. The largest absolute Gasteiger partial charge is 0.377 e. The van der Waals surface area contributed by atoms with Crippen molar-refractivity contribution in [1.29, 1.82) is 0 Å². The molecule has 0 saturated carbocycles. The summed E-state index contributed by atoms with van der Waals surface area (Å²) in [7, 11) is 0. The first-order valence-electron chi connectivity index (χ1n) is 15.9. The van der Waals surface area contributed by atoms with Crippen LogP contribution in [-0.4, -0.2) is 137 Å². The van der Waals surface area contributed by atoms with Crippen LogP contribution in [0.3, 0.4) is 0 Å². The van der Waals surface area contributed by atoms with Gasteiger partial charge in [-0.2, -0.15) is 0 Å². The number of allylic oxidation sites excluding steroid dienone is 1. The Morgan fingerprint density at radius 1 is 0.739 bits per heavy atom. The van der Waals surface area contributed by atoms with Gasteiger partial charge in [-0.3, -0.25) is 4.79 Å². The van der Waals surface area contributed by atoms with E-state index >= 15 is 0 Å². The number of urea groups is 1. The first kappa shape index (κ1) is 39.3. The molecule has 3 amide bonds. The molecule has 2 N–H and O–H groups in total. The van der Waals surface area contributed by atoms with Crippen molar-refractivity contribution in [3.8, 4) is 0 Å². The Hall–Kier alpha value is -2.92. The number of amides is 3. The van der Waals surface area contributed by atoms with Gasteiger partial charge in [-0.25, -0.2) is 9.48 Å². The molecule has 1 aromatic heterocycles. The number of hydrogen-bond donors (Lipinski definition) is 2. The van der Waals surface area contributed by atoms with E-state index in [2.05, 4.69) is 48.3 Å². The maximum absolute atomic E-state index is 11.8. The van der Waals surface area contributed by atoms with Gasteiger partial charge in [-0.05, 0) is 17.9 Å². The lowest BCUT2D eigenvalue weighted by Gasteiger charge is -2.18. The SMILES string of the molecule is C=C1C=CC(=O)N1Cc1cn(CCOCCOCCOCCOCCOCCOCCOCCNC(=O)NCCC(C)(C)C)nn1. The highest BCUT2D eigenvalue weighted by atomic mass is 16.6. The summed E-state index contributed by atoms with van der Waals surface area (Å²) in [6.07, 6.45) is 5.90. The molecule has 46 heavy (non-hydrogen) atoms. The lowest BCUT2D eigenvalue weighted by atomic mass is 9.92.